The van der Waals surface area contributed by atoms with Gasteiger partial charge in [0.05, 0.1) is 12.1 Å². The molecule has 2 N–H and O–H groups in total. The Balaban J connectivity index is 1.79. The molecule has 5 nitrogen and oxygen atoms in total. The first-order valence-electron chi connectivity index (χ1n) is 9.23. The lowest BCUT2D eigenvalue weighted by molar-refractivity contribution is -0.0723. The van der Waals surface area contributed by atoms with E-state index in [2.05, 4.69) is 19.2 Å². The standard InChI is InChI=1S/C18H34N2O3/c1-14(16-7-5-4-6-8-16)15(2)19-17(21)20(3)13-18(22)9-11-23-12-10-18/h14-16,22H,4-13H2,1-3H3,(H,19,21)/t14-,15+/m0/s1. The van der Waals surface area contributed by atoms with Gasteiger partial charge in [0.1, 0.15) is 0 Å². The first kappa shape index (κ1) is 18.5. The van der Waals surface area contributed by atoms with E-state index in [1.54, 1.807) is 11.9 Å². The number of urea groups is 1. The second kappa shape index (κ2) is 8.34. The smallest absolute Gasteiger partial charge is 0.317 e. The minimum absolute atomic E-state index is 0.0833. The number of hydrogen-bond acceptors (Lipinski definition) is 3. The first-order valence-corrected chi connectivity index (χ1v) is 9.23. The van der Waals surface area contributed by atoms with E-state index in [4.69, 9.17) is 4.74 Å². The SMILES string of the molecule is C[C@H](C1CCCCC1)[C@@H](C)NC(=O)N(C)CC1(O)CCOCC1. The van der Waals surface area contributed by atoms with Gasteiger partial charge in [0.2, 0.25) is 0 Å². The van der Waals surface area contributed by atoms with Crippen LogP contribution in [0.15, 0.2) is 0 Å². The topological polar surface area (TPSA) is 61.8 Å². The number of nitrogens with zero attached hydrogens (tertiary/aromatic N) is 1. The monoisotopic (exact) mass is 326 g/mol. The van der Waals surface area contributed by atoms with Crippen LogP contribution in [0.5, 0.6) is 0 Å². The van der Waals surface area contributed by atoms with Gasteiger partial charge in [-0.15, -0.1) is 0 Å². The summed E-state index contributed by atoms with van der Waals surface area (Å²) >= 11 is 0. The number of carbonyl (C=O) groups excluding carboxylic acids is 1. The van der Waals surface area contributed by atoms with E-state index >= 15 is 0 Å². The fourth-order valence-electron chi connectivity index (χ4n) is 3.93. The van der Waals surface area contributed by atoms with Crippen molar-refractivity contribution in [3.63, 3.8) is 0 Å². The predicted molar refractivity (Wildman–Crippen MR) is 91.4 cm³/mol. The highest BCUT2D eigenvalue weighted by molar-refractivity contribution is 5.74. The molecule has 0 spiro atoms. The van der Waals surface area contributed by atoms with Crippen LogP contribution in [0, 0.1) is 11.8 Å². The second-order valence-electron chi connectivity index (χ2n) is 7.69. The van der Waals surface area contributed by atoms with Crippen LogP contribution in [0.1, 0.15) is 58.8 Å². The van der Waals surface area contributed by atoms with Crippen molar-refractivity contribution in [2.24, 2.45) is 11.8 Å². The summed E-state index contributed by atoms with van der Waals surface area (Å²) in [5, 5.41) is 13.7. The molecule has 0 aromatic heterocycles. The number of likely N-dealkylation sites (N-methyl/N-ethyl adjacent to an activating group) is 1. The molecule has 5 heteroatoms. The average molecular weight is 326 g/mol. The van der Waals surface area contributed by atoms with E-state index in [-0.39, 0.29) is 12.1 Å². The van der Waals surface area contributed by atoms with Gasteiger partial charge in [-0.2, -0.15) is 0 Å². The van der Waals surface area contributed by atoms with Gasteiger partial charge in [-0.3, -0.25) is 0 Å². The van der Waals surface area contributed by atoms with Crippen molar-refractivity contribution in [2.45, 2.75) is 70.4 Å². The Kier molecular flexibility index (Phi) is 6.72. The highest BCUT2D eigenvalue weighted by Gasteiger charge is 2.33. The lowest BCUT2D eigenvalue weighted by atomic mass is 9.78. The summed E-state index contributed by atoms with van der Waals surface area (Å²) in [5.74, 6) is 1.22. The molecule has 1 aliphatic heterocycles. The van der Waals surface area contributed by atoms with Crippen LogP contribution >= 0.6 is 0 Å². The lowest BCUT2D eigenvalue weighted by Gasteiger charge is -2.37. The van der Waals surface area contributed by atoms with Crippen LogP contribution in [0.4, 0.5) is 4.79 Å². The van der Waals surface area contributed by atoms with Crippen molar-refractivity contribution in [1.82, 2.24) is 10.2 Å². The highest BCUT2D eigenvalue weighted by atomic mass is 16.5. The van der Waals surface area contributed by atoms with Crippen LogP contribution in [0.2, 0.25) is 0 Å². The molecule has 2 rings (SSSR count). The maximum atomic E-state index is 12.4. The van der Waals surface area contributed by atoms with Crippen LogP contribution in [0.3, 0.4) is 0 Å². The molecule has 1 heterocycles. The Labute approximate surface area is 140 Å². The summed E-state index contributed by atoms with van der Waals surface area (Å²) in [5.41, 5.74) is -0.803. The number of amides is 2. The second-order valence-corrected chi connectivity index (χ2v) is 7.69. The number of hydrogen-bond donors (Lipinski definition) is 2. The lowest BCUT2D eigenvalue weighted by Crippen LogP contribution is -2.52. The van der Waals surface area contributed by atoms with Crippen molar-refractivity contribution in [3.8, 4) is 0 Å². The van der Waals surface area contributed by atoms with Crippen molar-refractivity contribution in [2.75, 3.05) is 26.8 Å². The molecule has 2 fully saturated rings. The number of ether oxygens (including phenoxy) is 1. The minimum Gasteiger partial charge on any atom is -0.388 e. The van der Waals surface area contributed by atoms with Gasteiger partial charge in [0, 0.05) is 39.1 Å². The quantitative estimate of drug-likeness (QED) is 0.816. The Bertz CT molecular complexity index is 376. The Morgan fingerprint density at radius 2 is 1.87 bits per heavy atom. The van der Waals surface area contributed by atoms with Gasteiger partial charge >= 0.3 is 6.03 Å². The predicted octanol–water partition coefficient (Wildman–Crippen LogP) is 2.77. The molecule has 2 amide bonds. The molecule has 23 heavy (non-hydrogen) atoms. The number of carbonyl (C=O) groups is 1. The third kappa shape index (κ3) is 5.35. The molecule has 134 valence electrons. The van der Waals surface area contributed by atoms with Crippen LogP contribution in [-0.4, -0.2) is 54.5 Å². The maximum Gasteiger partial charge on any atom is 0.317 e. The van der Waals surface area contributed by atoms with E-state index in [0.717, 1.165) is 5.92 Å². The molecule has 0 unspecified atom stereocenters. The maximum absolute atomic E-state index is 12.4. The van der Waals surface area contributed by atoms with Gasteiger partial charge in [0.25, 0.3) is 0 Å². The number of aliphatic hydroxyl groups is 1. The normalized spacial score (nSPS) is 24.7. The highest BCUT2D eigenvalue weighted by Crippen LogP contribution is 2.31. The molecule has 0 aromatic rings. The molecule has 2 atom stereocenters. The molecule has 0 aromatic carbocycles. The summed E-state index contributed by atoms with van der Waals surface area (Å²) < 4.78 is 5.29. The average Bonchev–Trinajstić information content (AvgIpc) is 2.55. The first-order chi connectivity index (χ1) is 10.9. The van der Waals surface area contributed by atoms with Gasteiger partial charge < -0.3 is 20.1 Å². The van der Waals surface area contributed by atoms with Gasteiger partial charge in [-0.05, 0) is 18.8 Å². The molecular formula is C18H34N2O3. The summed E-state index contributed by atoms with van der Waals surface area (Å²) in [6.45, 7) is 5.87. The molecule has 0 radical (unpaired) electrons. The van der Waals surface area contributed by atoms with Crippen molar-refractivity contribution >= 4 is 6.03 Å². The van der Waals surface area contributed by atoms with E-state index in [1.807, 2.05) is 0 Å². The Morgan fingerprint density at radius 3 is 2.48 bits per heavy atom. The zero-order valence-corrected chi connectivity index (χ0v) is 15.0. The fourth-order valence-corrected chi connectivity index (χ4v) is 3.93. The van der Waals surface area contributed by atoms with Crippen LogP contribution < -0.4 is 5.32 Å². The van der Waals surface area contributed by atoms with E-state index < -0.39 is 5.60 Å². The number of rotatable bonds is 5. The van der Waals surface area contributed by atoms with Crippen LogP contribution in [-0.2, 0) is 4.74 Å². The zero-order chi connectivity index (χ0) is 16.9. The Hall–Kier alpha value is -0.810. The molecule has 0 bridgehead atoms. The molecule has 1 saturated heterocycles. The summed E-state index contributed by atoms with van der Waals surface area (Å²) in [6.07, 6.45) is 7.77. The molecule has 1 saturated carbocycles. The third-order valence-corrected chi connectivity index (χ3v) is 5.83. The van der Waals surface area contributed by atoms with E-state index in [1.165, 1.54) is 32.1 Å². The van der Waals surface area contributed by atoms with E-state index in [9.17, 15) is 9.90 Å². The number of nitrogens with one attached hydrogen (secondary N) is 1. The fraction of sp³-hybridized carbons (Fsp3) is 0.944. The van der Waals surface area contributed by atoms with Gasteiger partial charge in [-0.25, -0.2) is 4.79 Å². The van der Waals surface area contributed by atoms with Crippen molar-refractivity contribution in [3.05, 3.63) is 0 Å². The zero-order valence-electron chi connectivity index (χ0n) is 15.0. The largest absolute Gasteiger partial charge is 0.388 e. The third-order valence-electron chi connectivity index (χ3n) is 5.83. The van der Waals surface area contributed by atoms with Gasteiger partial charge in [-0.1, -0.05) is 39.0 Å². The summed E-state index contributed by atoms with van der Waals surface area (Å²) in [4.78, 5) is 14.0. The summed E-state index contributed by atoms with van der Waals surface area (Å²) in [6, 6.07) is 0.0810. The van der Waals surface area contributed by atoms with Crippen molar-refractivity contribution < 1.29 is 14.6 Å². The van der Waals surface area contributed by atoms with Crippen LogP contribution in [0.25, 0.3) is 0 Å². The van der Waals surface area contributed by atoms with Crippen molar-refractivity contribution in [1.29, 1.82) is 0 Å². The summed E-state index contributed by atoms with van der Waals surface area (Å²) in [7, 11) is 1.76. The van der Waals surface area contributed by atoms with Gasteiger partial charge in [0.15, 0.2) is 0 Å². The van der Waals surface area contributed by atoms with E-state index in [0.29, 0.717) is 38.5 Å². The minimum atomic E-state index is -0.803. The molecular weight excluding hydrogens is 292 g/mol. The molecule has 2 aliphatic rings. The Morgan fingerprint density at radius 1 is 1.26 bits per heavy atom. The molecule has 1 aliphatic carbocycles.